The lowest BCUT2D eigenvalue weighted by atomic mass is 10.3. The molecule has 0 spiro atoms. The van der Waals surface area contributed by atoms with Crippen molar-refractivity contribution in [1.82, 2.24) is 4.90 Å². The average molecular weight is 253 g/mol. The molecule has 0 aromatic heterocycles. The molecule has 0 aromatic carbocycles. The van der Waals surface area contributed by atoms with Crippen LogP contribution in [0.25, 0.3) is 0 Å². The van der Waals surface area contributed by atoms with Crippen molar-refractivity contribution in [1.29, 1.82) is 0 Å². The van der Waals surface area contributed by atoms with E-state index in [0.29, 0.717) is 32.8 Å². The molecule has 1 amide bonds. The highest BCUT2D eigenvalue weighted by Gasteiger charge is 2.22. The minimum atomic E-state index is 0. The maximum absolute atomic E-state index is 11.6. The number of carbonyl (C=O) groups is 1. The zero-order chi connectivity index (χ0) is 11.1. The molecule has 5 nitrogen and oxygen atoms in total. The Balaban J connectivity index is 0.00000225. The molecule has 96 valence electrons. The lowest BCUT2D eigenvalue weighted by Crippen LogP contribution is -2.32. The van der Waals surface area contributed by atoms with E-state index in [4.69, 9.17) is 15.2 Å². The Kier molecular flexibility index (Phi) is 8.56. The van der Waals surface area contributed by atoms with Gasteiger partial charge in [0.15, 0.2) is 0 Å². The smallest absolute Gasteiger partial charge is 0.224 e. The molecule has 0 aliphatic carbocycles. The van der Waals surface area contributed by atoms with Crippen molar-refractivity contribution < 1.29 is 14.3 Å². The number of methoxy groups -OCH3 is 1. The Hall–Kier alpha value is -0.360. The molecule has 0 bridgehead atoms. The summed E-state index contributed by atoms with van der Waals surface area (Å²) in [6, 6.07) is 0.156. The molecular weight excluding hydrogens is 232 g/mol. The van der Waals surface area contributed by atoms with Gasteiger partial charge in [-0.3, -0.25) is 4.79 Å². The fourth-order valence-electron chi connectivity index (χ4n) is 1.58. The van der Waals surface area contributed by atoms with Crippen molar-refractivity contribution in [2.24, 2.45) is 5.73 Å². The summed E-state index contributed by atoms with van der Waals surface area (Å²) in [5.74, 6) is 0.139. The largest absolute Gasteiger partial charge is 0.382 e. The first-order valence-electron chi connectivity index (χ1n) is 5.34. The van der Waals surface area contributed by atoms with E-state index in [1.165, 1.54) is 0 Å². The van der Waals surface area contributed by atoms with Crippen LogP contribution in [-0.4, -0.2) is 56.9 Å². The van der Waals surface area contributed by atoms with Crippen molar-refractivity contribution in [3.63, 3.8) is 0 Å². The fourth-order valence-corrected chi connectivity index (χ4v) is 1.58. The molecule has 1 saturated heterocycles. The van der Waals surface area contributed by atoms with Crippen LogP contribution in [-0.2, 0) is 14.3 Å². The summed E-state index contributed by atoms with van der Waals surface area (Å²) in [6.07, 6.45) is 1.35. The lowest BCUT2D eigenvalue weighted by molar-refractivity contribution is -0.131. The maximum Gasteiger partial charge on any atom is 0.224 e. The average Bonchev–Trinajstić information content (AvgIpc) is 2.64. The Bertz CT molecular complexity index is 205. The second-order valence-corrected chi connectivity index (χ2v) is 3.74. The summed E-state index contributed by atoms with van der Waals surface area (Å²) >= 11 is 0. The monoisotopic (exact) mass is 252 g/mol. The molecule has 0 saturated carbocycles. The Morgan fingerprint density at radius 2 is 2.19 bits per heavy atom. The van der Waals surface area contributed by atoms with Crippen molar-refractivity contribution >= 4 is 18.3 Å². The summed E-state index contributed by atoms with van der Waals surface area (Å²) in [5, 5.41) is 0. The molecule has 1 atom stereocenters. The Labute approximate surface area is 103 Å². The molecular formula is C10H21ClN2O3. The molecule has 1 rings (SSSR count). The van der Waals surface area contributed by atoms with Gasteiger partial charge in [-0.05, 0) is 6.42 Å². The van der Waals surface area contributed by atoms with Crippen molar-refractivity contribution in [2.45, 2.75) is 18.9 Å². The van der Waals surface area contributed by atoms with Gasteiger partial charge in [-0.2, -0.15) is 0 Å². The van der Waals surface area contributed by atoms with Gasteiger partial charge in [0.2, 0.25) is 5.91 Å². The predicted molar refractivity (Wildman–Crippen MR) is 63.7 cm³/mol. The van der Waals surface area contributed by atoms with E-state index in [2.05, 4.69) is 0 Å². The van der Waals surface area contributed by atoms with Gasteiger partial charge in [-0.15, -0.1) is 12.4 Å². The van der Waals surface area contributed by atoms with Crippen molar-refractivity contribution in [2.75, 3.05) is 40.0 Å². The van der Waals surface area contributed by atoms with Crippen molar-refractivity contribution in [3.05, 3.63) is 0 Å². The van der Waals surface area contributed by atoms with Crippen molar-refractivity contribution in [3.8, 4) is 0 Å². The Morgan fingerprint density at radius 3 is 2.75 bits per heavy atom. The molecule has 1 heterocycles. The molecule has 0 aromatic rings. The number of hydrogen-bond acceptors (Lipinski definition) is 4. The fraction of sp³-hybridized carbons (Fsp3) is 0.900. The van der Waals surface area contributed by atoms with E-state index in [1.807, 2.05) is 4.90 Å². The summed E-state index contributed by atoms with van der Waals surface area (Å²) in [6.45, 7) is 3.06. The van der Waals surface area contributed by atoms with E-state index in [9.17, 15) is 4.79 Å². The normalized spacial score (nSPS) is 19.6. The summed E-state index contributed by atoms with van der Waals surface area (Å²) < 4.78 is 10.1. The van der Waals surface area contributed by atoms with Crippen LogP contribution in [0.4, 0.5) is 0 Å². The molecule has 1 fully saturated rings. The van der Waals surface area contributed by atoms with Gasteiger partial charge in [0, 0.05) is 26.2 Å². The van der Waals surface area contributed by atoms with Crippen LogP contribution in [0.1, 0.15) is 12.8 Å². The second kappa shape index (κ2) is 8.75. The summed E-state index contributed by atoms with van der Waals surface area (Å²) in [5.41, 5.74) is 5.72. The quantitative estimate of drug-likeness (QED) is 0.677. The van der Waals surface area contributed by atoms with E-state index in [-0.39, 0.29) is 24.4 Å². The highest BCUT2D eigenvalue weighted by Crippen LogP contribution is 2.08. The number of halogens is 1. The van der Waals surface area contributed by atoms with E-state index < -0.39 is 0 Å². The van der Waals surface area contributed by atoms with Crippen LogP contribution < -0.4 is 5.73 Å². The highest BCUT2D eigenvalue weighted by molar-refractivity contribution is 5.85. The van der Waals surface area contributed by atoms with Gasteiger partial charge >= 0.3 is 0 Å². The van der Waals surface area contributed by atoms with Crippen LogP contribution in [0.2, 0.25) is 0 Å². The number of carbonyl (C=O) groups excluding carboxylic acids is 1. The number of likely N-dealkylation sites (tertiary alicyclic amines) is 1. The minimum Gasteiger partial charge on any atom is -0.382 e. The van der Waals surface area contributed by atoms with Crippen LogP contribution in [0.5, 0.6) is 0 Å². The lowest BCUT2D eigenvalue weighted by Gasteiger charge is -2.15. The number of rotatable bonds is 6. The molecule has 6 heteroatoms. The minimum absolute atomic E-state index is 0. The third kappa shape index (κ3) is 5.65. The zero-order valence-corrected chi connectivity index (χ0v) is 10.5. The van der Waals surface area contributed by atoms with E-state index >= 15 is 0 Å². The first-order valence-corrected chi connectivity index (χ1v) is 5.34. The number of hydrogen-bond donors (Lipinski definition) is 1. The van der Waals surface area contributed by atoms with Gasteiger partial charge in [-0.1, -0.05) is 0 Å². The SMILES string of the molecule is COCCOCCC(=O)N1CCC(N)C1.Cl. The first kappa shape index (κ1) is 15.6. The topological polar surface area (TPSA) is 64.8 Å². The van der Waals surface area contributed by atoms with Gasteiger partial charge in [0.1, 0.15) is 0 Å². The van der Waals surface area contributed by atoms with Gasteiger partial charge in [-0.25, -0.2) is 0 Å². The summed E-state index contributed by atoms with van der Waals surface area (Å²) in [4.78, 5) is 13.4. The van der Waals surface area contributed by atoms with Gasteiger partial charge < -0.3 is 20.1 Å². The summed E-state index contributed by atoms with van der Waals surface area (Å²) in [7, 11) is 1.63. The highest BCUT2D eigenvalue weighted by atomic mass is 35.5. The number of nitrogens with two attached hydrogens (primary N) is 1. The molecule has 1 aliphatic rings. The number of nitrogens with zero attached hydrogens (tertiary/aromatic N) is 1. The zero-order valence-electron chi connectivity index (χ0n) is 9.68. The van der Waals surface area contributed by atoms with Gasteiger partial charge in [0.25, 0.3) is 0 Å². The predicted octanol–water partition coefficient (Wildman–Crippen LogP) is 0.0209. The maximum atomic E-state index is 11.6. The van der Waals surface area contributed by atoms with Crippen LogP contribution in [0.3, 0.4) is 0 Å². The van der Waals surface area contributed by atoms with E-state index in [1.54, 1.807) is 7.11 Å². The Morgan fingerprint density at radius 1 is 1.44 bits per heavy atom. The molecule has 0 radical (unpaired) electrons. The van der Waals surface area contributed by atoms with Crippen LogP contribution in [0, 0.1) is 0 Å². The van der Waals surface area contributed by atoms with Crippen LogP contribution >= 0.6 is 12.4 Å². The third-order valence-electron chi connectivity index (χ3n) is 2.47. The number of ether oxygens (including phenoxy) is 2. The molecule has 1 unspecified atom stereocenters. The molecule has 16 heavy (non-hydrogen) atoms. The number of amides is 1. The third-order valence-corrected chi connectivity index (χ3v) is 2.47. The van der Waals surface area contributed by atoms with Crippen LogP contribution in [0.15, 0.2) is 0 Å². The molecule has 1 aliphatic heterocycles. The molecule has 2 N–H and O–H groups in total. The van der Waals surface area contributed by atoms with Gasteiger partial charge in [0.05, 0.1) is 26.2 Å². The standard InChI is InChI=1S/C10H20N2O3.ClH/c1-14-6-7-15-5-3-10(13)12-4-2-9(11)8-12;/h9H,2-8,11H2,1H3;1H. The van der Waals surface area contributed by atoms with E-state index in [0.717, 1.165) is 13.0 Å². The first-order chi connectivity index (χ1) is 7.24. The second-order valence-electron chi connectivity index (χ2n) is 3.74.